The van der Waals surface area contributed by atoms with Crippen molar-refractivity contribution in [3.8, 4) is 17.3 Å². The Kier molecular flexibility index (Phi) is 4.93. The number of hydrogen-bond donors (Lipinski definition) is 2. The fourth-order valence-corrected chi connectivity index (χ4v) is 4.14. The molecule has 0 atom stereocenters. The molecule has 6 nitrogen and oxygen atoms in total. The molecule has 4 aromatic rings. The molecule has 2 heterocycles. The Hall–Kier alpha value is -3.85. The normalized spacial score (nSPS) is 12.1. The SMILES string of the molecule is N#Cc1cc(F)c(NS(=O)(=O)c2c[nH]c(-c3cccc4c(C(F)(F)F)coc34)c2)cc1F. The van der Waals surface area contributed by atoms with E-state index in [2.05, 4.69) is 4.98 Å². The number of alkyl halides is 3. The van der Waals surface area contributed by atoms with Crippen molar-refractivity contribution < 1.29 is 34.8 Å². The third kappa shape index (κ3) is 3.67. The van der Waals surface area contributed by atoms with E-state index in [4.69, 9.17) is 9.68 Å². The van der Waals surface area contributed by atoms with Gasteiger partial charge in [-0.1, -0.05) is 12.1 Å². The zero-order valence-corrected chi connectivity index (χ0v) is 16.4. The summed E-state index contributed by atoms with van der Waals surface area (Å²) < 4.78 is 99.4. The number of nitrogens with zero attached hydrogens (tertiary/aromatic N) is 1. The Bertz CT molecular complexity index is 1500. The average Bonchev–Trinajstić information content (AvgIpc) is 3.37. The molecule has 0 saturated carbocycles. The highest BCUT2D eigenvalue weighted by atomic mass is 32.2. The van der Waals surface area contributed by atoms with Gasteiger partial charge in [-0.25, -0.2) is 17.2 Å². The number of nitrogens with one attached hydrogen (secondary N) is 2. The number of H-pyrrole nitrogens is 1. The minimum atomic E-state index is -4.64. The number of hydrogen-bond acceptors (Lipinski definition) is 4. The molecule has 0 bridgehead atoms. The molecule has 0 aliphatic heterocycles. The van der Waals surface area contributed by atoms with Crippen molar-refractivity contribution >= 4 is 26.7 Å². The fourth-order valence-electron chi connectivity index (χ4n) is 3.09. The van der Waals surface area contributed by atoms with E-state index in [9.17, 15) is 30.4 Å². The Morgan fingerprint density at radius 3 is 2.53 bits per heavy atom. The number of rotatable bonds is 4. The number of aromatic amines is 1. The fraction of sp³-hybridized carbons (Fsp3) is 0.0500. The molecule has 0 aliphatic rings. The zero-order valence-electron chi connectivity index (χ0n) is 15.6. The van der Waals surface area contributed by atoms with E-state index in [-0.39, 0.29) is 22.2 Å². The van der Waals surface area contributed by atoms with Crippen molar-refractivity contribution in [2.24, 2.45) is 0 Å². The molecule has 2 N–H and O–H groups in total. The lowest BCUT2D eigenvalue weighted by Crippen LogP contribution is -2.13. The molecular formula is C20H10F5N3O3S. The van der Waals surface area contributed by atoms with Gasteiger partial charge in [-0.2, -0.15) is 18.4 Å². The zero-order chi connectivity index (χ0) is 23.3. The van der Waals surface area contributed by atoms with Crippen molar-refractivity contribution in [1.82, 2.24) is 4.98 Å². The summed E-state index contributed by atoms with van der Waals surface area (Å²) in [7, 11) is -4.41. The number of para-hydroxylation sites is 1. The monoisotopic (exact) mass is 467 g/mol. The van der Waals surface area contributed by atoms with Gasteiger partial charge in [-0.3, -0.25) is 4.72 Å². The second-order valence-electron chi connectivity index (χ2n) is 6.61. The van der Waals surface area contributed by atoms with Gasteiger partial charge in [0, 0.05) is 23.2 Å². The van der Waals surface area contributed by atoms with Gasteiger partial charge in [-0.05, 0) is 18.2 Å². The molecule has 12 heteroatoms. The number of nitriles is 1. The van der Waals surface area contributed by atoms with Crippen molar-refractivity contribution in [2.75, 3.05) is 4.72 Å². The second-order valence-corrected chi connectivity index (χ2v) is 8.29. The lowest BCUT2D eigenvalue weighted by Gasteiger charge is -2.08. The van der Waals surface area contributed by atoms with Crippen LogP contribution in [0.2, 0.25) is 0 Å². The topological polar surface area (TPSA) is 98.9 Å². The summed E-state index contributed by atoms with van der Waals surface area (Å²) in [5, 5.41) is 8.50. The van der Waals surface area contributed by atoms with Gasteiger partial charge >= 0.3 is 6.18 Å². The van der Waals surface area contributed by atoms with Crippen molar-refractivity contribution in [2.45, 2.75) is 11.1 Å². The predicted molar refractivity (Wildman–Crippen MR) is 103 cm³/mol. The maximum atomic E-state index is 14.0. The molecule has 2 aromatic carbocycles. The number of furan rings is 1. The van der Waals surface area contributed by atoms with Crippen molar-refractivity contribution in [3.05, 3.63) is 71.6 Å². The quantitative estimate of drug-likeness (QED) is 0.393. The van der Waals surface area contributed by atoms with Crippen LogP contribution in [0.25, 0.3) is 22.2 Å². The first-order valence-electron chi connectivity index (χ1n) is 8.69. The lowest BCUT2D eigenvalue weighted by atomic mass is 10.1. The first kappa shape index (κ1) is 21.4. The van der Waals surface area contributed by atoms with Gasteiger partial charge in [0.2, 0.25) is 0 Å². The highest BCUT2D eigenvalue weighted by Crippen LogP contribution is 2.39. The molecule has 0 fully saturated rings. The summed E-state index contributed by atoms with van der Waals surface area (Å²) >= 11 is 0. The van der Waals surface area contributed by atoms with Crippen LogP contribution in [0.4, 0.5) is 27.6 Å². The Balaban J connectivity index is 1.71. The summed E-state index contributed by atoms with van der Waals surface area (Å²) in [6.07, 6.45) is -3.04. The van der Waals surface area contributed by atoms with Crippen LogP contribution in [0.3, 0.4) is 0 Å². The van der Waals surface area contributed by atoms with E-state index in [1.54, 1.807) is 0 Å². The number of benzene rings is 2. The minimum absolute atomic E-state index is 0.112. The largest absolute Gasteiger partial charge is 0.463 e. The highest BCUT2D eigenvalue weighted by molar-refractivity contribution is 7.92. The van der Waals surface area contributed by atoms with Gasteiger partial charge < -0.3 is 9.40 Å². The van der Waals surface area contributed by atoms with Gasteiger partial charge in [0.1, 0.15) is 40.0 Å². The van der Waals surface area contributed by atoms with Crippen LogP contribution in [0.1, 0.15) is 11.1 Å². The van der Waals surface area contributed by atoms with Crippen LogP contribution < -0.4 is 4.72 Å². The highest BCUT2D eigenvalue weighted by Gasteiger charge is 2.35. The van der Waals surface area contributed by atoms with Gasteiger partial charge in [0.05, 0.1) is 16.9 Å². The van der Waals surface area contributed by atoms with Crippen molar-refractivity contribution in [1.29, 1.82) is 5.26 Å². The van der Waals surface area contributed by atoms with Crippen LogP contribution in [0, 0.1) is 23.0 Å². The molecule has 32 heavy (non-hydrogen) atoms. The second kappa shape index (κ2) is 7.38. The van der Waals surface area contributed by atoms with Crippen LogP contribution >= 0.6 is 0 Å². The van der Waals surface area contributed by atoms with E-state index >= 15 is 0 Å². The summed E-state index contributed by atoms with van der Waals surface area (Å²) in [6, 6.07) is 7.60. The molecular weight excluding hydrogens is 457 g/mol. The standard InChI is InChI=1S/C20H10F5N3O3S/c21-15-6-18(16(22)4-10(15)7-26)28-32(29,30)11-5-17(27-8-11)13-3-1-2-12-14(20(23,24)25)9-31-19(12)13/h1-6,8-9,27-28H. The molecule has 2 aromatic heterocycles. The van der Waals surface area contributed by atoms with Crippen LogP contribution in [0.15, 0.2) is 58.2 Å². The molecule has 0 spiro atoms. The van der Waals surface area contributed by atoms with Gasteiger partial charge in [-0.15, -0.1) is 0 Å². The summed E-state index contributed by atoms with van der Waals surface area (Å²) in [4.78, 5) is 2.23. The third-order valence-electron chi connectivity index (χ3n) is 4.58. The average molecular weight is 467 g/mol. The summed E-state index contributed by atoms with van der Waals surface area (Å²) in [5.74, 6) is -2.28. The molecule has 0 saturated heterocycles. The van der Waals surface area contributed by atoms with E-state index in [1.807, 2.05) is 4.72 Å². The minimum Gasteiger partial charge on any atom is -0.463 e. The lowest BCUT2D eigenvalue weighted by molar-refractivity contribution is -0.136. The van der Waals surface area contributed by atoms with Crippen molar-refractivity contribution in [3.63, 3.8) is 0 Å². The predicted octanol–water partition coefficient (Wildman–Crippen LogP) is 5.40. The maximum absolute atomic E-state index is 14.0. The number of fused-ring (bicyclic) bond motifs is 1. The summed E-state index contributed by atoms with van der Waals surface area (Å²) in [6.45, 7) is 0. The van der Waals surface area contributed by atoms with Gasteiger partial charge in [0.15, 0.2) is 0 Å². The molecule has 4 rings (SSSR count). The third-order valence-corrected chi connectivity index (χ3v) is 5.93. The first-order chi connectivity index (χ1) is 15.0. The smallest absolute Gasteiger partial charge is 0.420 e. The van der Waals surface area contributed by atoms with Crippen LogP contribution in [0.5, 0.6) is 0 Å². The summed E-state index contributed by atoms with van der Waals surface area (Å²) in [5.41, 5.74) is -2.13. The molecule has 0 unspecified atom stereocenters. The number of aromatic nitrogens is 1. The number of anilines is 1. The molecule has 0 amide bonds. The number of halogens is 5. The van der Waals surface area contributed by atoms with E-state index < -0.39 is 49.5 Å². The molecule has 164 valence electrons. The number of sulfonamides is 1. The Morgan fingerprint density at radius 1 is 1.09 bits per heavy atom. The van der Waals surface area contributed by atoms with Crippen LogP contribution in [-0.2, 0) is 16.2 Å². The Morgan fingerprint density at radius 2 is 1.84 bits per heavy atom. The first-order valence-corrected chi connectivity index (χ1v) is 10.2. The van der Waals surface area contributed by atoms with E-state index in [0.717, 1.165) is 12.3 Å². The van der Waals surface area contributed by atoms with Gasteiger partial charge in [0.25, 0.3) is 10.0 Å². The molecule has 0 radical (unpaired) electrons. The molecule has 0 aliphatic carbocycles. The maximum Gasteiger partial charge on any atom is 0.420 e. The van der Waals surface area contributed by atoms with E-state index in [0.29, 0.717) is 18.4 Å². The van der Waals surface area contributed by atoms with Crippen LogP contribution in [-0.4, -0.2) is 13.4 Å². The van der Waals surface area contributed by atoms with E-state index in [1.165, 1.54) is 24.3 Å². The Labute approximate surface area is 176 Å².